The number of nitrogens with one attached hydrogen (secondary N) is 1. The predicted molar refractivity (Wildman–Crippen MR) is 102 cm³/mol. The number of halogens is 2. The molecule has 0 unspecified atom stereocenters. The lowest BCUT2D eigenvalue weighted by Gasteiger charge is -2.21. The quantitative estimate of drug-likeness (QED) is 0.736. The average molecular weight is 365 g/mol. The molecule has 0 fully saturated rings. The number of anilines is 1. The first-order valence-corrected chi connectivity index (χ1v) is 8.77. The van der Waals surface area contributed by atoms with Crippen LogP contribution in [0.25, 0.3) is 0 Å². The van der Waals surface area contributed by atoms with Crippen LogP contribution in [-0.4, -0.2) is 23.9 Å². The van der Waals surface area contributed by atoms with Gasteiger partial charge in [-0.3, -0.25) is 9.69 Å². The molecule has 0 bridgehead atoms. The second-order valence-electron chi connectivity index (χ2n) is 5.69. The van der Waals surface area contributed by atoms with E-state index < -0.39 is 0 Å². The monoisotopic (exact) mass is 364 g/mol. The van der Waals surface area contributed by atoms with Crippen molar-refractivity contribution in [3.05, 3.63) is 63.6 Å². The fourth-order valence-electron chi connectivity index (χ4n) is 2.46. The molecule has 0 aliphatic rings. The van der Waals surface area contributed by atoms with Gasteiger partial charge in [0.15, 0.2) is 0 Å². The van der Waals surface area contributed by atoms with Crippen molar-refractivity contribution in [3.8, 4) is 0 Å². The Morgan fingerprint density at radius 2 is 1.75 bits per heavy atom. The molecule has 0 spiro atoms. The highest BCUT2D eigenvalue weighted by Gasteiger charge is 2.12. The van der Waals surface area contributed by atoms with Crippen LogP contribution in [0.1, 0.15) is 24.5 Å². The Morgan fingerprint density at radius 1 is 1.08 bits per heavy atom. The molecule has 3 nitrogen and oxygen atoms in total. The van der Waals surface area contributed by atoms with E-state index in [9.17, 15) is 4.79 Å². The van der Waals surface area contributed by atoms with Crippen LogP contribution in [0.15, 0.2) is 42.5 Å². The predicted octanol–water partition coefficient (Wildman–Crippen LogP) is 5.15. The van der Waals surface area contributed by atoms with E-state index in [1.807, 2.05) is 12.1 Å². The molecule has 0 aliphatic carbocycles. The van der Waals surface area contributed by atoms with Crippen molar-refractivity contribution >= 4 is 34.8 Å². The van der Waals surface area contributed by atoms with E-state index in [0.717, 1.165) is 13.1 Å². The van der Waals surface area contributed by atoms with Crippen LogP contribution >= 0.6 is 23.2 Å². The van der Waals surface area contributed by atoms with Crippen molar-refractivity contribution in [3.63, 3.8) is 0 Å². The second-order valence-corrected chi connectivity index (χ2v) is 6.50. The number of carbonyl (C=O) groups is 1. The van der Waals surface area contributed by atoms with Gasteiger partial charge in [-0.05, 0) is 36.7 Å². The van der Waals surface area contributed by atoms with Crippen molar-refractivity contribution in [1.29, 1.82) is 0 Å². The molecular weight excluding hydrogens is 343 g/mol. The lowest BCUT2D eigenvalue weighted by molar-refractivity contribution is -0.116. The van der Waals surface area contributed by atoms with Gasteiger partial charge in [0.1, 0.15) is 0 Å². The van der Waals surface area contributed by atoms with Crippen LogP contribution in [-0.2, 0) is 11.3 Å². The number of hydrogen-bond donors (Lipinski definition) is 1. The van der Waals surface area contributed by atoms with Crippen molar-refractivity contribution < 1.29 is 4.79 Å². The van der Waals surface area contributed by atoms with Gasteiger partial charge in [-0.25, -0.2) is 0 Å². The van der Waals surface area contributed by atoms with Crippen molar-refractivity contribution in [1.82, 2.24) is 4.90 Å². The zero-order valence-corrected chi connectivity index (χ0v) is 15.5. The summed E-state index contributed by atoms with van der Waals surface area (Å²) in [7, 11) is 0. The summed E-state index contributed by atoms with van der Waals surface area (Å²) in [5.41, 5.74) is 3.03. The molecule has 0 aromatic heterocycles. The molecule has 2 rings (SSSR count). The molecule has 128 valence electrons. The number of para-hydroxylation sites is 1. The lowest BCUT2D eigenvalue weighted by atomic mass is 10.1. The third-order valence-corrected chi connectivity index (χ3v) is 4.61. The van der Waals surface area contributed by atoms with Crippen LogP contribution in [0, 0.1) is 6.92 Å². The summed E-state index contributed by atoms with van der Waals surface area (Å²) >= 11 is 12.2. The van der Waals surface area contributed by atoms with E-state index in [4.69, 9.17) is 23.2 Å². The normalized spacial score (nSPS) is 10.9. The summed E-state index contributed by atoms with van der Waals surface area (Å²) in [5, 5.41) is 3.70. The average Bonchev–Trinajstić information content (AvgIpc) is 2.56. The third kappa shape index (κ3) is 5.23. The Balaban J connectivity index is 1.91. The first kappa shape index (κ1) is 18.8. The SMILES string of the molecule is CCN(CCC(=O)Nc1c(Cl)cccc1Cl)Cc1ccccc1C. The van der Waals surface area contributed by atoms with Gasteiger partial charge in [0.2, 0.25) is 5.91 Å². The Kier molecular flexibility index (Phi) is 7.10. The minimum atomic E-state index is -0.0896. The van der Waals surface area contributed by atoms with Gasteiger partial charge >= 0.3 is 0 Å². The first-order chi connectivity index (χ1) is 11.5. The molecule has 0 saturated heterocycles. The highest BCUT2D eigenvalue weighted by Crippen LogP contribution is 2.29. The highest BCUT2D eigenvalue weighted by molar-refractivity contribution is 6.39. The van der Waals surface area contributed by atoms with Crippen molar-refractivity contribution in [2.75, 3.05) is 18.4 Å². The zero-order valence-electron chi connectivity index (χ0n) is 14.0. The van der Waals surface area contributed by atoms with E-state index in [1.54, 1.807) is 18.2 Å². The van der Waals surface area contributed by atoms with Crippen LogP contribution in [0.2, 0.25) is 10.0 Å². The molecule has 1 amide bonds. The largest absolute Gasteiger partial charge is 0.324 e. The van der Waals surface area contributed by atoms with Gasteiger partial charge in [-0.1, -0.05) is 60.5 Å². The summed E-state index contributed by atoms with van der Waals surface area (Å²) in [6, 6.07) is 13.5. The van der Waals surface area contributed by atoms with Gasteiger partial charge in [-0.2, -0.15) is 0 Å². The number of carbonyl (C=O) groups excluding carboxylic acids is 1. The van der Waals surface area contributed by atoms with Crippen LogP contribution in [0.5, 0.6) is 0 Å². The Labute approximate surface area is 153 Å². The number of aryl methyl sites for hydroxylation is 1. The molecule has 0 aliphatic heterocycles. The molecule has 0 atom stereocenters. The highest BCUT2D eigenvalue weighted by atomic mass is 35.5. The number of hydrogen-bond acceptors (Lipinski definition) is 2. The van der Waals surface area contributed by atoms with Gasteiger partial charge in [0.05, 0.1) is 15.7 Å². The maximum absolute atomic E-state index is 12.2. The molecule has 0 radical (unpaired) electrons. The zero-order chi connectivity index (χ0) is 17.5. The van der Waals surface area contributed by atoms with E-state index in [1.165, 1.54) is 11.1 Å². The second kappa shape index (κ2) is 9.07. The van der Waals surface area contributed by atoms with Gasteiger partial charge in [-0.15, -0.1) is 0 Å². The van der Waals surface area contributed by atoms with E-state index in [2.05, 4.69) is 36.2 Å². The van der Waals surface area contributed by atoms with Crippen LogP contribution in [0.3, 0.4) is 0 Å². The van der Waals surface area contributed by atoms with Crippen LogP contribution < -0.4 is 5.32 Å². The molecule has 0 heterocycles. The number of nitrogens with zero attached hydrogens (tertiary/aromatic N) is 1. The minimum Gasteiger partial charge on any atom is -0.324 e. The Bertz CT molecular complexity index is 683. The molecule has 24 heavy (non-hydrogen) atoms. The smallest absolute Gasteiger partial charge is 0.225 e. The maximum atomic E-state index is 12.2. The summed E-state index contributed by atoms with van der Waals surface area (Å²) in [6.07, 6.45) is 0.390. The summed E-state index contributed by atoms with van der Waals surface area (Å²) in [4.78, 5) is 14.4. The first-order valence-electron chi connectivity index (χ1n) is 8.02. The summed E-state index contributed by atoms with van der Waals surface area (Å²) < 4.78 is 0. The third-order valence-electron chi connectivity index (χ3n) is 3.98. The van der Waals surface area contributed by atoms with E-state index in [0.29, 0.717) is 28.7 Å². The Hall–Kier alpha value is -1.55. The fourth-order valence-corrected chi connectivity index (χ4v) is 2.95. The molecule has 2 aromatic rings. The van der Waals surface area contributed by atoms with Crippen molar-refractivity contribution in [2.45, 2.75) is 26.8 Å². The van der Waals surface area contributed by atoms with E-state index in [-0.39, 0.29) is 5.91 Å². The van der Waals surface area contributed by atoms with Gasteiger partial charge < -0.3 is 5.32 Å². The maximum Gasteiger partial charge on any atom is 0.225 e. The van der Waals surface area contributed by atoms with Gasteiger partial charge in [0, 0.05) is 19.5 Å². The fraction of sp³-hybridized carbons (Fsp3) is 0.316. The molecule has 5 heteroatoms. The molecular formula is C19H22Cl2N2O. The Morgan fingerprint density at radius 3 is 2.38 bits per heavy atom. The summed E-state index contributed by atoms with van der Waals surface area (Å²) in [5.74, 6) is -0.0896. The topological polar surface area (TPSA) is 32.3 Å². The summed E-state index contributed by atoms with van der Waals surface area (Å²) in [6.45, 7) is 6.60. The van der Waals surface area contributed by atoms with Crippen LogP contribution in [0.4, 0.5) is 5.69 Å². The molecule has 2 aromatic carbocycles. The lowest BCUT2D eigenvalue weighted by Crippen LogP contribution is -2.27. The number of benzene rings is 2. The van der Waals surface area contributed by atoms with E-state index >= 15 is 0 Å². The minimum absolute atomic E-state index is 0.0896. The van der Waals surface area contributed by atoms with Crippen molar-refractivity contribution in [2.24, 2.45) is 0 Å². The standard InChI is InChI=1S/C19H22Cl2N2O/c1-3-23(13-15-8-5-4-7-14(15)2)12-11-18(24)22-19-16(20)9-6-10-17(19)21/h4-10H,3,11-13H2,1-2H3,(H,22,24). The van der Waals surface area contributed by atoms with Gasteiger partial charge in [0.25, 0.3) is 0 Å². The number of amides is 1. The molecule has 1 N–H and O–H groups in total. The molecule has 0 saturated carbocycles. The number of rotatable bonds is 7.